The average Bonchev–Trinajstić information content (AvgIpc) is 3.07. The molecule has 0 unspecified atom stereocenters. The second kappa shape index (κ2) is 4.56. The molecule has 2 N–H and O–H groups in total. The van der Waals surface area contributed by atoms with Crippen molar-refractivity contribution in [3.8, 4) is 0 Å². The van der Waals surface area contributed by atoms with Gasteiger partial charge in [0, 0.05) is 23.8 Å². The fourth-order valence-electron chi connectivity index (χ4n) is 1.55. The Labute approximate surface area is 96.2 Å². The van der Waals surface area contributed by atoms with Gasteiger partial charge in [-0.1, -0.05) is 13.0 Å². The summed E-state index contributed by atoms with van der Waals surface area (Å²) in [7, 11) is 0. The Morgan fingerprint density at radius 1 is 1.44 bits per heavy atom. The zero-order chi connectivity index (χ0) is 11.5. The minimum atomic E-state index is 0.0567. The summed E-state index contributed by atoms with van der Waals surface area (Å²) in [5, 5.41) is 6.34. The molecule has 16 heavy (non-hydrogen) atoms. The Morgan fingerprint density at radius 3 is 2.81 bits per heavy atom. The molecule has 3 nitrogen and oxygen atoms in total. The van der Waals surface area contributed by atoms with Crippen LogP contribution < -0.4 is 10.6 Å². The van der Waals surface area contributed by atoms with E-state index in [0.29, 0.717) is 12.5 Å². The van der Waals surface area contributed by atoms with Crippen LogP contribution in [-0.4, -0.2) is 11.9 Å². The Hall–Kier alpha value is -1.51. The van der Waals surface area contributed by atoms with Gasteiger partial charge in [0.2, 0.25) is 5.91 Å². The summed E-state index contributed by atoms with van der Waals surface area (Å²) in [4.78, 5) is 11.3. The van der Waals surface area contributed by atoms with Crippen molar-refractivity contribution in [2.75, 3.05) is 10.6 Å². The van der Waals surface area contributed by atoms with Crippen LogP contribution in [-0.2, 0) is 4.79 Å². The third-order valence-corrected chi connectivity index (χ3v) is 2.78. The van der Waals surface area contributed by atoms with Crippen molar-refractivity contribution in [1.82, 2.24) is 0 Å². The van der Waals surface area contributed by atoms with Gasteiger partial charge in [0.25, 0.3) is 0 Å². The fraction of sp³-hybridized carbons (Fsp3) is 0.462. The Bertz CT molecular complexity index is 397. The molecular weight excluding hydrogens is 200 g/mol. The number of hydrogen-bond acceptors (Lipinski definition) is 2. The van der Waals surface area contributed by atoms with Crippen molar-refractivity contribution in [1.29, 1.82) is 0 Å². The Kier molecular flexibility index (Phi) is 3.13. The lowest BCUT2D eigenvalue weighted by Crippen LogP contribution is -2.10. The molecule has 1 aromatic carbocycles. The van der Waals surface area contributed by atoms with Crippen molar-refractivity contribution in [3.63, 3.8) is 0 Å². The van der Waals surface area contributed by atoms with Crippen LogP contribution in [0.5, 0.6) is 0 Å². The van der Waals surface area contributed by atoms with E-state index in [1.165, 1.54) is 18.4 Å². The molecular formula is C13H18N2O. The zero-order valence-corrected chi connectivity index (χ0v) is 9.84. The van der Waals surface area contributed by atoms with Gasteiger partial charge < -0.3 is 10.6 Å². The molecule has 1 aliphatic carbocycles. The summed E-state index contributed by atoms with van der Waals surface area (Å²) in [5.41, 5.74) is 3.23. The molecule has 0 heterocycles. The van der Waals surface area contributed by atoms with E-state index in [0.717, 1.165) is 11.4 Å². The molecule has 0 saturated heterocycles. The van der Waals surface area contributed by atoms with Crippen LogP contribution in [0.1, 0.15) is 31.7 Å². The van der Waals surface area contributed by atoms with E-state index >= 15 is 0 Å². The normalized spacial score (nSPS) is 14.6. The lowest BCUT2D eigenvalue weighted by atomic mass is 10.1. The molecule has 1 fully saturated rings. The monoisotopic (exact) mass is 218 g/mol. The van der Waals surface area contributed by atoms with Gasteiger partial charge in [0.1, 0.15) is 0 Å². The first-order valence-electron chi connectivity index (χ1n) is 5.86. The summed E-state index contributed by atoms with van der Waals surface area (Å²) < 4.78 is 0. The first kappa shape index (κ1) is 11.0. The Balaban J connectivity index is 2.10. The number of anilines is 2. The molecule has 1 amide bonds. The Morgan fingerprint density at radius 2 is 2.19 bits per heavy atom. The van der Waals surface area contributed by atoms with Gasteiger partial charge in [0.05, 0.1) is 0 Å². The van der Waals surface area contributed by atoms with Gasteiger partial charge in [-0.05, 0) is 37.5 Å². The van der Waals surface area contributed by atoms with Crippen LogP contribution in [0.25, 0.3) is 0 Å². The summed E-state index contributed by atoms with van der Waals surface area (Å²) >= 11 is 0. The van der Waals surface area contributed by atoms with E-state index in [9.17, 15) is 4.79 Å². The highest BCUT2D eigenvalue weighted by Crippen LogP contribution is 2.28. The fourth-order valence-corrected chi connectivity index (χ4v) is 1.55. The third kappa shape index (κ3) is 2.75. The molecule has 1 saturated carbocycles. The van der Waals surface area contributed by atoms with Crippen LogP contribution >= 0.6 is 0 Å². The second-order valence-corrected chi connectivity index (χ2v) is 4.35. The van der Waals surface area contributed by atoms with E-state index in [1.54, 1.807) is 0 Å². The molecule has 3 heteroatoms. The standard InChI is InChI=1S/C13H18N2O/c1-3-13(16)15-11-5-4-9(2)12(8-11)14-10-6-7-10/h4-5,8,10,14H,3,6-7H2,1-2H3,(H,15,16). The minimum absolute atomic E-state index is 0.0567. The van der Waals surface area contributed by atoms with Gasteiger partial charge in [0.15, 0.2) is 0 Å². The smallest absolute Gasteiger partial charge is 0.224 e. The van der Waals surface area contributed by atoms with Gasteiger partial charge in [-0.25, -0.2) is 0 Å². The maximum absolute atomic E-state index is 11.3. The van der Waals surface area contributed by atoms with E-state index in [4.69, 9.17) is 0 Å². The number of carbonyl (C=O) groups is 1. The van der Waals surface area contributed by atoms with Gasteiger partial charge in [-0.15, -0.1) is 0 Å². The molecule has 0 aromatic heterocycles. The highest BCUT2D eigenvalue weighted by Gasteiger charge is 2.21. The van der Waals surface area contributed by atoms with Crippen molar-refractivity contribution < 1.29 is 4.79 Å². The van der Waals surface area contributed by atoms with Crippen molar-refractivity contribution in [2.45, 2.75) is 39.2 Å². The van der Waals surface area contributed by atoms with E-state index in [-0.39, 0.29) is 5.91 Å². The molecule has 1 aliphatic rings. The van der Waals surface area contributed by atoms with Crippen LogP contribution in [0.2, 0.25) is 0 Å². The van der Waals surface area contributed by atoms with Crippen LogP contribution in [0.4, 0.5) is 11.4 Å². The van der Waals surface area contributed by atoms with Gasteiger partial charge >= 0.3 is 0 Å². The average molecular weight is 218 g/mol. The zero-order valence-electron chi connectivity index (χ0n) is 9.84. The molecule has 0 bridgehead atoms. The van der Waals surface area contributed by atoms with E-state index in [2.05, 4.69) is 17.6 Å². The van der Waals surface area contributed by atoms with Crippen LogP contribution in [0.3, 0.4) is 0 Å². The van der Waals surface area contributed by atoms with Crippen molar-refractivity contribution >= 4 is 17.3 Å². The minimum Gasteiger partial charge on any atom is -0.382 e. The topological polar surface area (TPSA) is 41.1 Å². The molecule has 0 radical (unpaired) electrons. The molecule has 0 atom stereocenters. The number of rotatable bonds is 4. The van der Waals surface area contributed by atoms with Crippen LogP contribution in [0.15, 0.2) is 18.2 Å². The van der Waals surface area contributed by atoms with Gasteiger partial charge in [-0.2, -0.15) is 0 Å². The summed E-state index contributed by atoms with van der Waals surface area (Å²) in [6, 6.07) is 6.63. The van der Waals surface area contributed by atoms with Crippen molar-refractivity contribution in [3.05, 3.63) is 23.8 Å². The number of amides is 1. The lowest BCUT2D eigenvalue weighted by Gasteiger charge is -2.11. The first-order chi connectivity index (χ1) is 7.69. The quantitative estimate of drug-likeness (QED) is 0.815. The number of benzene rings is 1. The maximum Gasteiger partial charge on any atom is 0.224 e. The molecule has 0 spiro atoms. The van der Waals surface area contributed by atoms with Crippen LogP contribution in [0, 0.1) is 6.92 Å². The maximum atomic E-state index is 11.3. The number of nitrogens with one attached hydrogen (secondary N) is 2. The molecule has 1 aromatic rings. The SMILES string of the molecule is CCC(=O)Nc1ccc(C)c(NC2CC2)c1. The largest absolute Gasteiger partial charge is 0.382 e. The third-order valence-electron chi connectivity index (χ3n) is 2.78. The predicted octanol–water partition coefficient (Wildman–Crippen LogP) is 2.92. The number of hydrogen-bond donors (Lipinski definition) is 2. The molecule has 2 rings (SSSR count). The molecule has 0 aliphatic heterocycles. The van der Waals surface area contributed by atoms with Crippen molar-refractivity contribution in [2.24, 2.45) is 0 Å². The lowest BCUT2D eigenvalue weighted by molar-refractivity contribution is -0.115. The first-order valence-corrected chi connectivity index (χ1v) is 5.86. The van der Waals surface area contributed by atoms with E-state index < -0.39 is 0 Å². The summed E-state index contributed by atoms with van der Waals surface area (Å²) in [5.74, 6) is 0.0567. The highest BCUT2D eigenvalue weighted by atomic mass is 16.1. The van der Waals surface area contributed by atoms with E-state index in [1.807, 2.05) is 25.1 Å². The predicted molar refractivity (Wildman–Crippen MR) is 66.7 cm³/mol. The van der Waals surface area contributed by atoms with Gasteiger partial charge in [-0.3, -0.25) is 4.79 Å². The number of carbonyl (C=O) groups excluding carboxylic acids is 1. The molecule has 86 valence electrons. The number of aryl methyl sites for hydroxylation is 1. The highest BCUT2D eigenvalue weighted by molar-refractivity contribution is 5.91. The second-order valence-electron chi connectivity index (χ2n) is 4.35. The summed E-state index contributed by atoms with van der Waals surface area (Å²) in [6.07, 6.45) is 3.02. The summed E-state index contributed by atoms with van der Waals surface area (Å²) in [6.45, 7) is 3.93.